The van der Waals surface area contributed by atoms with Crippen molar-refractivity contribution in [2.24, 2.45) is 10.1 Å². The van der Waals surface area contributed by atoms with Gasteiger partial charge in [0.1, 0.15) is 24.0 Å². The fourth-order valence-electron chi connectivity index (χ4n) is 4.28. The second kappa shape index (κ2) is 12.5. The van der Waals surface area contributed by atoms with Crippen molar-refractivity contribution in [2.45, 2.75) is 20.3 Å². The molecule has 5 rings (SSSR count). The highest BCUT2D eigenvalue weighted by Crippen LogP contribution is 2.38. The predicted octanol–water partition coefficient (Wildman–Crippen LogP) is 7.11. The fourth-order valence-corrected chi connectivity index (χ4v) is 6.07. The van der Waals surface area contributed by atoms with Crippen molar-refractivity contribution in [3.8, 4) is 17.2 Å². The smallest absolute Gasteiger partial charge is 0.283 e. The van der Waals surface area contributed by atoms with Crippen LogP contribution in [-0.4, -0.2) is 47.3 Å². The normalized spacial score (nSPS) is 15.5. The molecule has 0 unspecified atom stereocenters. The first-order valence-corrected chi connectivity index (χ1v) is 14.7. The Labute approximate surface area is 255 Å². The molecule has 2 heterocycles. The number of thioether (sulfide) groups is 1. The van der Waals surface area contributed by atoms with Crippen molar-refractivity contribution in [1.82, 2.24) is 5.01 Å². The number of amidine groups is 2. The van der Waals surface area contributed by atoms with E-state index >= 15 is 0 Å². The molecule has 1 N–H and O–H groups in total. The summed E-state index contributed by atoms with van der Waals surface area (Å²) in [5, 5.41) is 16.0. The largest absolute Gasteiger partial charge is 0.493 e. The number of aryl methyl sites for hydroxylation is 2. The predicted molar refractivity (Wildman–Crippen MR) is 168 cm³/mol. The quantitative estimate of drug-likeness (QED) is 0.195. The number of nitrogens with zero attached hydrogens (tertiary/aromatic N) is 3. The summed E-state index contributed by atoms with van der Waals surface area (Å²) in [6, 6.07) is 17.0. The van der Waals surface area contributed by atoms with E-state index < -0.39 is 5.91 Å². The molecular formula is C30H26BrClN4O4S. The van der Waals surface area contributed by atoms with Crippen molar-refractivity contribution < 1.29 is 19.0 Å². The van der Waals surface area contributed by atoms with E-state index in [1.807, 2.05) is 37.3 Å². The average Bonchev–Trinajstić information content (AvgIpc) is 3.37. The monoisotopic (exact) mass is 652 g/mol. The second-order valence-electron chi connectivity index (χ2n) is 9.14. The van der Waals surface area contributed by atoms with Crippen LogP contribution in [0.15, 0.2) is 74.7 Å². The van der Waals surface area contributed by atoms with Crippen LogP contribution in [0.4, 0.5) is 0 Å². The molecule has 11 heteroatoms. The Morgan fingerprint density at radius 2 is 1.90 bits per heavy atom. The topological polar surface area (TPSA) is 96.6 Å². The van der Waals surface area contributed by atoms with Gasteiger partial charge in [-0.1, -0.05) is 42.8 Å². The number of hydrogen-bond acceptors (Lipinski definition) is 7. The molecule has 3 aromatic rings. The van der Waals surface area contributed by atoms with Gasteiger partial charge in [0.05, 0.1) is 22.2 Å². The number of methoxy groups -OCH3 is 1. The molecule has 3 aromatic carbocycles. The number of amides is 1. The minimum atomic E-state index is -0.528. The van der Waals surface area contributed by atoms with Crippen molar-refractivity contribution in [3.63, 3.8) is 0 Å². The maximum absolute atomic E-state index is 12.9. The molecule has 0 spiro atoms. The lowest BCUT2D eigenvalue weighted by molar-refractivity contribution is -0.114. The van der Waals surface area contributed by atoms with Gasteiger partial charge in [-0.25, -0.2) is 0 Å². The van der Waals surface area contributed by atoms with Crippen LogP contribution in [0.25, 0.3) is 6.08 Å². The van der Waals surface area contributed by atoms with E-state index in [4.69, 9.17) is 31.2 Å². The molecule has 2 aliphatic rings. The number of hydrazone groups is 1. The summed E-state index contributed by atoms with van der Waals surface area (Å²) in [6.07, 6.45) is 2.52. The number of aliphatic imine (C=N–C) groups is 1. The lowest BCUT2D eigenvalue weighted by Gasteiger charge is -2.20. The maximum atomic E-state index is 12.9. The molecule has 0 saturated heterocycles. The zero-order valence-corrected chi connectivity index (χ0v) is 25.7. The summed E-state index contributed by atoms with van der Waals surface area (Å²) in [4.78, 5) is 17.1. The number of nitrogens with one attached hydrogen (secondary N) is 1. The number of carbonyl (C=O) groups excluding carboxylic acids is 1. The van der Waals surface area contributed by atoms with E-state index in [0.29, 0.717) is 55.5 Å². The Balaban J connectivity index is 1.31. The molecule has 41 heavy (non-hydrogen) atoms. The maximum Gasteiger partial charge on any atom is 0.283 e. The Morgan fingerprint density at radius 3 is 2.66 bits per heavy atom. The molecule has 0 fully saturated rings. The number of rotatable bonds is 9. The van der Waals surface area contributed by atoms with Gasteiger partial charge in [0, 0.05) is 5.56 Å². The van der Waals surface area contributed by atoms with Crippen LogP contribution in [0, 0.1) is 12.3 Å². The highest BCUT2D eigenvalue weighted by molar-refractivity contribution is 9.10. The minimum absolute atomic E-state index is 0.0792. The van der Waals surface area contributed by atoms with E-state index in [1.165, 1.54) is 29.4 Å². The molecular weight excluding hydrogens is 628 g/mol. The lowest BCUT2D eigenvalue weighted by Crippen LogP contribution is -2.35. The lowest BCUT2D eigenvalue weighted by atomic mass is 10.1. The molecule has 0 aliphatic carbocycles. The van der Waals surface area contributed by atoms with Gasteiger partial charge in [0.25, 0.3) is 5.91 Å². The van der Waals surface area contributed by atoms with Crippen molar-refractivity contribution in [3.05, 3.63) is 91.9 Å². The highest BCUT2D eigenvalue weighted by atomic mass is 79.9. The highest BCUT2D eigenvalue weighted by Gasteiger charge is 2.36. The Bertz CT molecular complexity index is 1640. The zero-order chi connectivity index (χ0) is 29.1. The standard InChI is InChI=1S/C30H26BrClN4O4S/c1-4-18-11-17(2)12-20(13-18)39-9-10-40-26-23(31)15-19(16-25(26)38-3)14-22-27(33)36-30(34-28(22)37)41-29(35-36)21-7-5-6-8-24(21)32/h5-8,11-16,33H,4,9-10H2,1-3H3/b22-14-,33-27?. The van der Waals surface area contributed by atoms with Crippen LogP contribution in [0.5, 0.6) is 17.2 Å². The van der Waals surface area contributed by atoms with E-state index in [2.05, 4.69) is 39.0 Å². The summed E-state index contributed by atoms with van der Waals surface area (Å²) < 4.78 is 18.1. The van der Waals surface area contributed by atoms with Crippen molar-refractivity contribution in [2.75, 3.05) is 20.3 Å². The van der Waals surface area contributed by atoms with Crippen LogP contribution in [-0.2, 0) is 11.2 Å². The molecule has 0 atom stereocenters. The van der Waals surface area contributed by atoms with E-state index in [1.54, 1.807) is 24.3 Å². The van der Waals surface area contributed by atoms with Gasteiger partial charge in [-0.15, -0.1) is 0 Å². The minimum Gasteiger partial charge on any atom is -0.493 e. The number of carbonyl (C=O) groups is 1. The summed E-state index contributed by atoms with van der Waals surface area (Å²) in [6.45, 7) is 4.80. The summed E-state index contributed by atoms with van der Waals surface area (Å²) in [7, 11) is 1.54. The van der Waals surface area contributed by atoms with Crippen LogP contribution < -0.4 is 14.2 Å². The first kappa shape index (κ1) is 28.9. The molecule has 1 amide bonds. The number of hydrogen-bond donors (Lipinski definition) is 1. The first-order chi connectivity index (χ1) is 19.8. The molecule has 0 bridgehead atoms. The summed E-state index contributed by atoms with van der Waals surface area (Å²) in [5.74, 6) is 1.17. The van der Waals surface area contributed by atoms with Crippen molar-refractivity contribution in [1.29, 1.82) is 5.41 Å². The van der Waals surface area contributed by atoms with E-state index in [0.717, 1.165) is 17.7 Å². The van der Waals surface area contributed by atoms with Gasteiger partial charge in [0.15, 0.2) is 17.3 Å². The van der Waals surface area contributed by atoms with Crippen LogP contribution >= 0.6 is 39.3 Å². The Hall–Kier alpha value is -3.60. The molecule has 0 saturated carbocycles. The van der Waals surface area contributed by atoms with Crippen LogP contribution in [0.3, 0.4) is 0 Å². The molecule has 0 aromatic heterocycles. The average molecular weight is 654 g/mol. The fraction of sp³-hybridized carbons (Fsp3) is 0.200. The molecule has 2 aliphatic heterocycles. The molecule has 210 valence electrons. The SMILES string of the molecule is CCc1cc(C)cc(OCCOc2c(Br)cc(/C=C3/C(=N)N4N=C(c5ccccc5Cl)SC4=NC3=O)cc2OC)c1. The van der Waals surface area contributed by atoms with Gasteiger partial charge >= 0.3 is 0 Å². The number of halogens is 2. The third-order valence-corrected chi connectivity index (χ3v) is 8.10. The zero-order valence-electron chi connectivity index (χ0n) is 22.5. The Kier molecular flexibility index (Phi) is 8.82. The van der Waals surface area contributed by atoms with Crippen molar-refractivity contribution >= 4 is 67.3 Å². The van der Waals surface area contributed by atoms with Crippen LogP contribution in [0.2, 0.25) is 5.02 Å². The third-order valence-electron chi connectivity index (χ3n) is 6.24. The molecule has 0 radical (unpaired) electrons. The number of fused-ring (bicyclic) bond motifs is 1. The third kappa shape index (κ3) is 6.34. The summed E-state index contributed by atoms with van der Waals surface area (Å²) >= 11 is 11.1. The van der Waals surface area contributed by atoms with Gasteiger partial charge in [0.2, 0.25) is 5.17 Å². The van der Waals surface area contributed by atoms with E-state index in [-0.39, 0.29) is 11.4 Å². The second-order valence-corrected chi connectivity index (χ2v) is 11.4. The van der Waals surface area contributed by atoms with Gasteiger partial charge in [-0.2, -0.15) is 15.1 Å². The number of benzene rings is 3. The first-order valence-electron chi connectivity index (χ1n) is 12.8. The summed E-state index contributed by atoms with van der Waals surface area (Å²) in [5.41, 5.74) is 3.80. The van der Waals surface area contributed by atoms with Crippen LogP contribution in [0.1, 0.15) is 29.2 Å². The Morgan fingerprint density at radius 1 is 1.12 bits per heavy atom. The van der Waals surface area contributed by atoms with Gasteiger partial charge in [-0.3, -0.25) is 10.2 Å². The molecule has 8 nitrogen and oxygen atoms in total. The number of ether oxygens (including phenoxy) is 3. The van der Waals surface area contributed by atoms with E-state index in [9.17, 15) is 4.79 Å². The van der Waals surface area contributed by atoms with Gasteiger partial charge in [-0.05, 0) is 94.1 Å². The van der Waals surface area contributed by atoms with Gasteiger partial charge < -0.3 is 14.2 Å².